The van der Waals surface area contributed by atoms with Crippen molar-refractivity contribution in [3.63, 3.8) is 0 Å². The number of carbonyl (C=O) groups excluding carboxylic acids is 1. The standard InChI is InChI=1S/C22H22N2O3S/c1-4-13-27-19-9-5-16(6-10-19)14-24(2)22(25)20-15-28-21(23-20)17-7-11-18(26-3)12-8-17/h4-12,15H,1,13-14H2,2-3H3. The van der Waals surface area contributed by atoms with Crippen molar-refractivity contribution >= 4 is 17.2 Å². The second-order valence-electron chi connectivity index (χ2n) is 6.17. The quantitative estimate of drug-likeness (QED) is 0.522. The Balaban J connectivity index is 1.64. The van der Waals surface area contributed by atoms with Crippen molar-refractivity contribution in [3.8, 4) is 22.1 Å². The highest BCUT2D eigenvalue weighted by Crippen LogP contribution is 2.26. The first-order valence-corrected chi connectivity index (χ1v) is 9.66. The Bertz CT molecular complexity index is 933. The van der Waals surface area contributed by atoms with Crippen LogP contribution in [0.15, 0.2) is 66.6 Å². The fraction of sp³-hybridized carbons (Fsp3) is 0.182. The number of ether oxygens (including phenoxy) is 2. The molecule has 0 aliphatic carbocycles. The maximum atomic E-state index is 12.7. The zero-order chi connectivity index (χ0) is 19.9. The number of methoxy groups -OCH3 is 1. The molecule has 144 valence electrons. The van der Waals surface area contributed by atoms with Crippen LogP contribution in [0.1, 0.15) is 16.1 Å². The van der Waals surface area contributed by atoms with Gasteiger partial charge in [0, 0.05) is 24.5 Å². The van der Waals surface area contributed by atoms with Gasteiger partial charge < -0.3 is 14.4 Å². The summed E-state index contributed by atoms with van der Waals surface area (Å²) in [5.74, 6) is 1.46. The lowest BCUT2D eigenvalue weighted by atomic mass is 10.2. The van der Waals surface area contributed by atoms with Gasteiger partial charge in [0.25, 0.3) is 5.91 Å². The lowest BCUT2D eigenvalue weighted by Gasteiger charge is -2.16. The molecular weight excluding hydrogens is 372 g/mol. The van der Waals surface area contributed by atoms with Crippen LogP contribution in [-0.2, 0) is 6.54 Å². The van der Waals surface area contributed by atoms with E-state index in [9.17, 15) is 4.79 Å². The summed E-state index contributed by atoms with van der Waals surface area (Å²) in [5, 5.41) is 2.60. The number of amides is 1. The number of hydrogen-bond acceptors (Lipinski definition) is 5. The number of rotatable bonds is 8. The number of nitrogens with zero attached hydrogens (tertiary/aromatic N) is 2. The minimum atomic E-state index is -0.108. The van der Waals surface area contributed by atoms with Gasteiger partial charge in [-0.15, -0.1) is 11.3 Å². The molecule has 0 aliphatic heterocycles. The molecule has 0 N–H and O–H groups in total. The molecule has 6 heteroatoms. The monoisotopic (exact) mass is 394 g/mol. The number of aromatic nitrogens is 1. The third kappa shape index (κ3) is 4.78. The van der Waals surface area contributed by atoms with E-state index in [2.05, 4.69) is 11.6 Å². The molecule has 1 amide bonds. The molecule has 0 spiro atoms. The van der Waals surface area contributed by atoms with Gasteiger partial charge in [0.15, 0.2) is 0 Å². The predicted molar refractivity (Wildman–Crippen MR) is 112 cm³/mol. The first kappa shape index (κ1) is 19.6. The van der Waals surface area contributed by atoms with Gasteiger partial charge in [0.1, 0.15) is 28.8 Å². The summed E-state index contributed by atoms with van der Waals surface area (Å²) in [6.45, 7) is 4.60. The maximum absolute atomic E-state index is 12.7. The summed E-state index contributed by atoms with van der Waals surface area (Å²) in [7, 11) is 3.41. The van der Waals surface area contributed by atoms with E-state index >= 15 is 0 Å². The van der Waals surface area contributed by atoms with Gasteiger partial charge >= 0.3 is 0 Å². The van der Waals surface area contributed by atoms with Crippen molar-refractivity contribution in [2.75, 3.05) is 20.8 Å². The van der Waals surface area contributed by atoms with Crippen LogP contribution in [0.3, 0.4) is 0 Å². The molecule has 3 aromatic rings. The molecule has 0 bridgehead atoms. The van der Waals surface area contributed by atoms with Gasteiger partial charge in [-0.25, -0.2) is 4.98 Å². The summed E-state index contributed by atoms with van der Waals surface area (Å²) < 4.78 is 10.6. The SMILES string of the molecule is C=CCOc1ccc(CN(C)C(=O)c2csc(-c3ccc(OC)cc3)n2)cc1. The summed E-state index contributed by atoms with van der Waals surface area (Å²) in [6, 6.07) is 15.3. The summed E-state index contributed by atoms with van der Waals surface area (Å²) in [4.78, 5) is 18.9. The predicted octanol–water partition coefficient (Wildman–Crippen LogP) is 4.66. The van der Waals surface area contributed by atoms with Gasteiger partial charge in [-0.2, -0.15) is 0 Å². The third-order valence-electron chi connectivity index (χ3n) is 4.12. The lowest BCUT2D eigenvalue weighted by molar-refractivity contribution is 0.0780. The fourth-order valence-corrected chi connectivity index (χ4v) is 3.43. The van der Waals surface area contributed by atoms with Crippen LogP contribution in [0.4, 0.5) is 0 Å². The zero-order valence-electron chi connectivity index (χ0n) is 15.9. The Labute approximate surface area is 168 Å². The van der Waals surface area contributed by atoms with E-state index in [1.165, 1.54) is 11.3 Å². The van der Waals surface area contributed by atoms with E-state index < -0.39 is 0 Å². The topological polar surface area (TPSA) is 51.7 Å². The number of hydrogen-bond donors (Lipinski definition) is 0. The van der Waals surface area contributed by atoms with Gasteiger partial charge in [-0.05, 0) is 42.0 Å². The maximum Gasteiger partial charge on any atom is 0.273 e. The van der Waals surface area contributed by atoms with E-state index in [-0.39, 0.29) is 5.91 Å². The van der Waals surface area contributed by atoms with E-state index in [0.29, 0.717) is 18.8 Å². The highest BCUT2D eigenvalue weighted by molar-refractivity contribution is 7.13. The van der Waals surface area contributed by atoms with Crippen LogP contribution >= 0.6 is 11.3 Å². The molecule has 0 atom stereocenters. The zero-order valence-corrected chi connectivity index (χ0v) is 16.7. The molecular formula is C22H22N2O3S. The van der Waals surface area contributed by atoms with Crippen LogP contribution in [0.2, 0.25) is 0 Å². The van der Waals surface area contributed by atoms with Gasteiger partial charge in [-0.3, -0.25) is 4.79 Å². The van der Waals surface area contributed by atoms with Crippen LogP contribution in [0.25, 0.3) is 10.6 Å². The largest absolute Gasteiger partial charge is 0.497 e. The molecule has 0 aliphatic rings. The fourth-order valence-electron chi connectivity index (χ4n) is 2.63. The Morgan fingerprint density at radius 1 is 1.14 bits per heavy atom. The molecule has 1 aromatic heterocycles. The second kappa shape index (κ2) is 9.19. The Morgan fingerprint density at radius 3 is 2.46 bits per heavy atom. The van der Waals surface area contributed by atoms with E-state index in [0.717, 1.165) is 27.6 Å². The van der Waals surface area contributed by atoms with Crippen molar-refractivity contribution in [2.45, 2.75) is 6.54 Å². The van der Waals surface area contributed by atoms with Gasteiger partial charge in [0.05, 0.1) is 7.11 Å². The molecule has 0 fully saturated rings. The molecule has 1 heterocycles. The van der Waals surface area contributed by atoms with Crippen molar-refractivity contribution in [2.24, 2.45) is 0 Å². The smallest absolute Gasteiger partial charge is 0.273 e. The number of benzene rings is 2. The Hall–Kier alpha value is -3.12. The summed E-state index contributed by atoms with van der Waals surface area (Å²) >= 11 is 1.45. The number of carbonyl (C=O) groups is 1. The first-order chi connectivity index (χ1) is 13.6. The molecule has 0 unspecified atom stereocenters. The minimum absolute atomic E-state index is 0.108. The summed E-state index contributed by atoms with van der Waals surface area (Å²) in [5.41, 5.74) is 2.43. The van der Waals surface area contributed by atoms with E-state index in [1.807, 2.05) is 48.5 Å². The van der Waals surface area contributed by atoms with Crippen molar-refractivity contribution in [1.29, 1.82) is 0 Å². The minimum Gasteiger partial charge on any atom is -0.497 e. The van der Waals surface area contributed by atoms with Crippen molar-refractivity contribution < 1.29 is 14.3 Å². The highest BCUT2D eigenvalue weighted by Gasteiger charge is 2.16. The average molecular weight is 394 g/mol. The van der Waals surface area contributed by atoms with Crippen molar-refractivity contribution in [1.82, 2.24) is 9.88 Å². The Kier molecular flexibility index (Phi) is 6.45. The first-order valence-electron chi connectivity index (χ1n) is 8.78. The van der Waals surface area contributed by atoms with E-state index in [1.54, 1.807) is 30.5 Å². The molecule has 3 rings (SSSR count). The third-order valence-corrected chi connectivity index (χ3v) is 5.01. The average Bonchev–Trinajstić information content (AvgIpc) is 3.23. The van der Waals surface area contributed by atoms with E-state index in [4.69, 9.17) is 9.47 Å². The normalized spacial score (nSPS) is 10.4. The molecule has 2 aromatic carbocycles. The molecule has 0 radical (unpaired) electrons. The van der Waals surface area contributed by atoms with Crippen LogP contribution in [-0.4, -0.2) is 36.6 Å². The second-order valence-corrected chi connectivity index (χ2v) is 7.03. The van der Waals surface area contributed by atoms with Gasteiger partial charge in [-0.1, -0.05) is 24.8 Å². The number of thiazole rings is 1. The van der Waals surface area contributed by atoms with Crippen LogP contribution < -0.4 is 9.47 Å². The Morgan fingerprint density at radius 2 is 1.82 bits per heavy atom. The molecule has 28 heavy (non-hydrogen) atoms. The van der Waals surface area contributed by atoms with Gasteiger partial charge in [0.2, 0.25) is 0 Å². The summed E-state index contributed by atoms with van der Waals surface area (Å²) in [6.07, 6.45) is 1.70. The van der Waals surface area contributed by atoms with Crippen LogP contribution in [0.5, 0.6) is 11.5 Å². The molecule has 5 nitrogen and oxygen atoms in total. The highest BCUT2D eigenvalue weighted by atomic mass is 32.1. The lowest BCUT2D eigenvalue weighted by Crippen LogP contribution is -2.26. The molecule has 0 saturated carbocycles. The molecule has 0 saturated heterocycles. The van der Waals surface area contributed by atoms with Crippen molar-refractivity contribution in [3.05, 3.63) is 77.8 Å². The van der Waals surface area contributed by atoms with Crippen LogP contribution in [0, 0.1) is 0 Å².